The van der Waals surface area contributed by atoms with Crippen LogP contribution in [0.25, 0.3) is 0 Å². The van der Waals surface area contributed by atoms with Gasteiger partial charge < -0.3 is 10.4 Å². The quantitative estimate of drug-likeness (QED) is 0.755. The maximum Gasteiger partial charge on any atom is 0.254 e. The molecule has 0 aliphatic carbocycles. The van der Waals surface area contributed by atoms with Gasteiger partial charge >= 0.3 is 0 Å². The summed E-state index contributed by atoms with van der Waals surface area (Å²) in [5.74, 6) is -0.108. The first kappa shape index (κ1) is 15.7. The van der Waals surface area contributed by atoms with Crippen LogP contribution in [0, 0.1) is 6.92 Å². The average Bonchev–Trinajstić information content (AvgIpc) is 2.77. The van der Waals surface area contributed by atoms with Crippen LogP contribution in [0.3, 0.4) is 0 Å². The van der Waals surface area contributed by atoms with Gasteiger partial charge in [0.15, 0.2) is 0 Å². The van der Waals surface area contributed by atoms with Crippen molar-refractivity contribution >= 4 is 5.91 Å². The molecule has 5 heteroatoms. The van der Waals surface area contributed by atoms with E-state index >= 15 is 0 Å². The van der Waals surface area contributed by atoms with Crippen molar-refractivity contribution in [3.8, 4) is 0 Å². The minimum absolute atomic E-state index is 0.108. The second kappa shape index (κ2) is 7.94. The van der Waals surface area contributed by atoms with Crippen LogP contribution in [0.2, 0.25) is 0 Å². The highest BCUT2D eigenvalue weighted by molar-refractivity contribution is 5.94. The number of aryl methyl sites for hydroxylation is 1. The van der Waals surface area contributed by atoms with E-state index in [1.807, 2.05) is 18.5 Å². The van der Waals surface area contributed by atoms with Crippen molar-refractivity contribution in [1.82, 2.24) is 15.1 Å². The Morgan fingerprint density at radius 1 is 1.53 bits per heavy atom. The van der Waals surface area contributed by atoms with Crippen molar-refractivity contribution in [3.63, 3.8) is 0 Å². The summed E-state index contributed by atoms with van der Waals surface area (Å²) in [6.45, 7) is 7.32. The summed E-state index contributed by atoms with van der Waals surface area (Å²) in [6.07, 6.45) is 4.75. The van der Waals surface area contributed by atoms with Gasteiger partial charge in [-0.1, -0.05) is 20.3 Å². The Morgan fingerprint density at radius 2 is 2.26 bits per heavy atom. The number of aliphatic hydroxyl groups excluding tert-OH is 1. The van der Waals surface area contributed by atoms with Gasteiger partial charge in [0.2, 0.25) is 0 Å². The number of carbonyl (C=O) groups is 1. The van der Waals surface area contributed by atoms with Gasteiger partial charge in [-0.3, -0.25) is 9.48 Å². The van der Waals surface area contributed by atoms with Gasteiger partial charge in [0.25, 0.3) is 5.91 Å². The Morgan fingerprint density at radius 3 is 2.89 bits per heavy atom. The van der Waals surface area contributed by atoms with E-state index < -0.39 is 0 Å². The SMILES string of the molecule is CCCCn1ncc(C(=O)NCCC(O)CC)c1C. The Labute approximate surface area is 115 Å². The predicted molar refractivity (Wildman–Crippen MR) is 75.1 cm³/mol. The second-order valence-corrected chi connectivity index (χ2v) is 4.83. The van der Waals surface area contributed by atoms with Gasteiger partial charge in [-0.15, -0.1) is 0 Å². The summed E-state index contributed by atoms with van der Waals surface area (Å²) in [6, 6.07) is 0. The molecule has 1 atom stereocenters. The molecule has 0 aromatic carbocycles. The van der Waals surface area contributed by atoms with Crippen LogP contribution in [0.5, 0.6) is 0 Å². The first-order valence-electron chi connectivity index (χ1n) is 7.08. The third-order valence-electron chi connectivity index (χ3n) is 3.31. The molecule has 5 nitrogen and oxygen atoms in total. The van der Waals surface area contributed by atoms with Crippen LogP contribution >= 0.6 is 0 Å². The van der Waals surface area contributed by atoms with Crippen molar-refractivity contribution in [3.05, 3.63) is 17.5 Å². The molecular weight excluding hydrogens is 242 g/mol. The number of carbonyl (C=O) groups excluding carboxylic acids is 1. The van der Waals surface area contributed by atoms with Crippen LogP contribution in [-0.4, -0.2) is 33.4 Å². The number of aliphatic hydroxyl groups is 1. The summed E-state index contributed by atoms with van der Waals surface area (Å²) in [5.41, 5.74) is 1.53. The molecule has 1 amide bonds. The Kier molecular flexibility index (Phi) is 6.56. The van der Waals surface area contributed by atoms with Gasteiger partial charge in [-0.25, -0.2) is 0 Å². The molecule has 0 saturated carbocycles. The number of hydrogen-bond acceptors (Lipinski definition) is 3. The molecule has 0 spiro atoms. The Balaban J connectivity index is 2.50. The lowest BCUT2D eigenvalue weighted by atomic mass is 10.2. The highest BCUT2D eigenvalue weighted by Gasteiger charge is 2.13. The maximum absolute atomic E-state index is 12.0. The highest BCUT2D eigenvalue weighted by atomic mass is 16.3. The van der Waals surface area contributed by atoms with Crippen LogP contribution in [-0.2, 0) is 6.54 Å². The summed E-state index contributed by atoms with van der Waals surface area (Å²) >= 11 is 0. The zero-order valence-electron chi connectivity index (χ0n) is 12.1. The van der Waals surface area contributed by atoms with Gasteiger partial charge in [0, 0.05) is 18.8 Å². The third-order valence-corrected chi connectivity index (χ3v) is 3.31. The highest BCUT2D eigenvalue weighted by Crippen LogP contribution is 2.08. The van der Waals surface area contributed by atoms with E-state index in [1.165, 1.54) is 0 Å². The van der Waals surface area contributed by atoms with Crippen LogP contribution < -0.4 is 5.32 Å². The van der Waals surface area contributed by atoms with E-state index in [1.54, 1.807) is 6.20 Å². The molecule has 1 aromatic rings. The fourth-order valence-electron chi connectivity index (χ4n) is 1.85. The first-order valence-corrected chi connectivity index (χ1v) is 7.08. The van der Waals surface area contributed by atoms with Crippen LogP contribution in [0.15, 0.2) is 6.20 Å². The fraction of sp³-hybridized carbons (Fsp3) is 0.714. The van der Waals surface area contributed by atoms with Crippen molar-refractivity contribution < 1.29 is 9.90 Å². The molecule has 0 saturated heterocycles. The molecule has 1 unspecified atom stereocenters. The molecular formula is C14H25N3O2. The summed E-state index contributed by atoms with van der Waals surface area (Å²) in [5, 5.41) is 16.5. The van der Waals surface area contributed by atoms with Crippen molar-refractivity contribution in [2.24, 2.45) is 0 Å². The maximum atomic E-state index is 12.0. The molecule has 0 fully saturated rings. The fourth-order valence-corrected chi connectivity index (χ4v) is 1.85. The Bertz CT molecular complexity index is 401. The zero-order valence-corrected chi connectivity index (χ0v) is 12.1. The van der Waals surface area contributed by atoms with Crippen molar-refractivity contribution in [2.45, 2.75) is 59.1 Å². The minimum Gasteiger partial charge on any atom is -0.393 e. The van der Waals surface area contributed by atoms with E-state index in [0.29, 0.717) is 24.9 Å². The van der Waals surface area contributed by atoms with Crippen LogP contribution in [0.1, 0.15) is 55.6 Å². The summed E-state index contributed by atoms with van der Waals surface area (Å²) in [7, 11) is 0. The molecule has 0 aliphatic rings. The molecule has 2 N–H and O–H groups in total. The minimum atomic E-state index is -0.339. The topological polar surface area (TPSA) is 67.2 Å². The van der Waals surface area contributed by atoms with E-state index in [0.717, 1.165) is 25.1 Å². The van der Waals surface area contributed by atoms with Crippen molar-refractivity contribution in [1.29, 1.82) is 0 Å². The van der Waals surface area contributed by atoms with Gasteiger partial charge in [0.05, 0.1) is 17.9 Å². The zero-order chi connectivity index (χ0) is 14.3. The lowest BCUT2D eigenvalue weighted by Gasteiger charge is -2.09. The molecule has 0 aliphatic heterocycles. The van der Waals surface area contributed by atoms with Gasteiger partial charge in [0.1, 0.15) is 0 Å². The molecule has 1 heterocycles. The van der Waals surface area contributed by atoms with E-state index in [2.05, 4.69) is 17.3 Å². The predicted octanol–water partition coefficient (Wildman–Crippen LogP) is 1.88. The number of rotatable bonds is 8. The Hall–Kier alpha value is -1.36. The number of unbranched alkanes of at least 4 members (excludes halogenated alkanes) is 1. The van der Waals surface area contributed by atoms with E-state index in [9.17, 15) is 9.90 Å². The van der Waals surface area contributed by atoms with Crippen LogP contribution in [0.4, 0.5) is 0 Å². The summed E-state index contributed by atoms with van der Waals surface area (Å²) in [4.78, 5) is 12.0. The molecule has 0 bridgehead atoms. The number of nitrogens with zero attached hydrogens (tertiary/aromatic N) is 2. The normalized spacial score (nSPS) is 12.4. The lowest BCUT2D eigenvalue weighted by molar-refractivity contribution is 0.0941. The average molecular weight is 267 g/mol. The largest absolute Gasteiger partial charge is 0.393 e. The molecule has 19 heavy (non-hydrogen) atoms. The summed E-state index contributed by atoms with van der Waals surface area (Å²) < 4.78 is 1.87. The number of hydrogen-bond donors (Lipinski definition) is 2. The number of nitrogens with one attached hydrogen (secondary N) is 1. The second-order valence-electron chi connectivity index (χ2n) is 4.83. The third kappa shape index (κ3) is 4.67. The first-order chi connectivity index (χ1) is 9.10. The molecule has 1 rings (SSSR count). The molecule has 0 radical (unpaired) electrons. The van der Waals surface area contributed by atoms with E-state index in [4.69, 9.17) is 0 Å². The molecule has 108 valence electrons. The standard InChI is InChI=1S/C14H25N3O2/c1-4-6-9-17-11(3)13(10-16-17)14(19)15-8-7-12(18)5-2/h10,12,18H,4-9H2,1-3H3,(H,15,19). The van der Waals surface area contributed by atoms with Crippen molar-refractivity contribution in [2.75, 3.05) is 6.54 Å². The van der Waals surface area contributed by atoms with Gasteiger partial charge in [-0.2, -0.15) is 5.10 Å². The number of aromatic nitrogens is 2. The monoisotopic (exact) mass is 267 g/mol. The number of amides is 1. The van der Waals surface area contributed by atoms with E-state index in [-0.39, 0.29) is 12.0 Å². The lowest BCUT2D eigenvalue weighted by Crippen LogP contribution is -2.27. The molecule has 1 aromatic heterocycles. The van der Waals surface area contributed by atoms with Gasteiger partial charge in [-0.05, 0) is 26.2 Å². The smallest absolute Gasteiger partial charge is 0.254 e.